The second-order valence-electron chi connectivity index (χ2n) is 6.80. The molecule has 1 amide bonds. The van der Waals surface area contributed by atoms with Crippen molar-refractivity contribution in [1.82, 2.24) is 9.80 Å². The zero-order valence-electron chi connectivity index (χ0n) is 13.3. The minimum atomic E-state index is 0.338. The lowest BCUT2D eigenvalue weighted by Gasteiger charge is -2.34. The summed E-state index contributed by atoms with van der Waals surface area (Å²) < 4.78 is 0. The minimum Gasteiger partial charge on any atom is -0.345 e. The summed E-state index contributed by atoms with van der Waals surface area (Å²) in [5.74, 6) is 1.35. The molecule has 0 unspecified atom stereocenters. The minimum absolute atomic E-state index is 0.338. The first-order valence-electron chi connectivity index (χ1n) is 8.34. The van der Waals surface area contributed by atoms with Gasteiger partial charge < -0.3 is 4.90 Å². The standard InChI is InChI=1S/C18H25ClN2O/c1-20(18(22)15-6-7-15)12-14-8-10-21(11-9-14)13-16-4-2-3-5-17(16)19/h2-5,14-15H,6-13H2,1H3. The smallest absolute Gasteiger partial charge is 0.225 e. The number of carbonyl (C=O) groups excluding carboxylic acids is 1. The van der Waals surface area contributed by atoms with E-state index < -0.39 is 0 Å². The highest BCUT2D eigenvalue weighted by Crippen LogP contribution is 2.31. The lowest BCUT2D eigenvalue weighted by atomic mass is 9.95. The third-order valence-electron chi connectivity index (χ3n) is 4.89. The van der Waals surface area contributed by atoms with E-state index in [1.807, 2.05) is 30.1 Å². The molecule has 3 rings (SSSR count). The van der Waals surface area contributed by atoms with E-state index in [0.717, 1.165) is 44.0 Å². The lowest BCUT2D eigenvalue weighted by Crippen LogP contribution is -2.39. The maximum atomic E-state index is 12.0. The largest absolute Gasteiger partial charge is 0.345 e. The molecule has 2 fully saturated rings. The van der Waals surface area contributed by atoms with Crippen molar-refractivity contribution in [2.45, 2.75) is 32.2 Å². The molecule has 4 heteroatoms. The van der Waals surface area contributed by atoms with E-state index in [1.165, 1.54) is 18.4 Å². The van der Waals surface area contributed by atoms with Crippen molar-refractivity contribution in [3.8, 4) is 0 Å². The molecule has 0 spiro atoms. The van der Waals surface area contributed by atoms with Crippen LogP contribution in [0.5, 0.6) is 0 Å². The van der Waals surface area contributed by atoms with Crippen LogP contribution in [0.4, 0.5) is 0 Å². The Hall–Kier alpha value is -1.06. The second-order valence-corrected chi connectivity index (χ2v) is 7.21. The van der Waals surface area contributed by atoms with E-state index in [-0.39, 0.29) is 0 Å². The molecule has 1 saturated carbocycles. The number of piperidine rings is 1. The van der Waals surface area contributed by atoms with E-state index in [9.17, 15) is 4.79 Å². The number of benzene rings is 1. The number of halogens is 1. The van der Waals surface area contributed by atoms with Crippen molar-refractivity contribution in [3.05, 3.63) is 34.9 Å². The summed E-state index contributed by atoms with van der Waals surface area (Å²) in [6.07, 6.45) is 4.54. The maximum absolute atomic E-state index is 12.0. The van der Waals surface area contributed by atoms with Gasteiger partial charge in [0.25, 0.3) is 0 Å². The number of hydrogen-bond acceptors (Lipinski definition) is 2. The Kier molecular flexibility index (Phi) is 5.04. The van der Waals surface area contributed by atoms with Crippen molar-refractivity contribution in [1.29, 1.82) is 0 Å². The Morgan fingerprint density at radius 2 is 1.91 bits per heavy atom. The average molecular weight is 321 g/mol. The highest BCUT2D eigenvalue weighted by molar-refractivity contribution is 6.31. The maximum Gasteiger partial charge on any atom is 0.225 e. The van der Waals surface area contributed by atoms with Gasteiger partial charge >= 0.3 is 0 Å². The fraction of sp³-hybridized carbons (Fsp3) is 0.611. The summed E-state index contributed by atoms with van der Waals surface area (Å²) in [6, 6.07) is 8.09. The first-order valence-corrected chi connectivity index (χ1v) is 8.72. The third-order valence-corrected chi connectivity index (χ3v) is 5.26. The van der Waals surface area contributed by atoms with E-state index in [2.05, 4.69) is 11.0 Å². The molecule has 0 aromatic heterocycles. The van der Waals surface area contributed by atoms with E-state index in [0.29, 0.717) is 17.7 Å². The normalized spacial score (nSPS) is 20.1. The fourth-order valence-corrected chi connectivity index (χ4v) is 3.51. The van der Waals surface area contributed by atoms with Gasteiger partial charge in [-0.2, -0.15) is 0 Å². The molecule has 120 valence electrons. The molecule has 3 nitrogen and oxygen atoms in total. The first-order chi connectivity index (χ1) is 10.6. The van der Waals surface area contributed by atoms with Gasteiger partial charge in [-0.25, -0.2) is 0 Å². The summed E-state index contributed by atoms with van der Waals surface area (Å²) in [5, 5.41) is 0.861. The molecule has 1 aromatic rings. The van der Waals surface area contributed by atoms with Crippen LogP contribution < -0.4 is 0 Å². The fourth-order valence-electron chi connectivity index (χ4n) is 3.31. The third kappa shape index (κ3) is 4.02. The van der Waals surface area contributed by atoms with Gasteiger partial charge in [-0.1, -0.05) is 29.8 Å². The molecule has 1 heterocycles. The number of amides is 1. The molecule has 1 aliphatic carbocycles. The predicted molar refractivity (Wildman–Crippen MR) is 89.8 cm³/mol. The lowest BCUT2D eigenvalue weighted by molar-refractivity contribution is -0.132. The molecule has 22 heavy (non-hydrogen) atoms. The van der Waals surface area contributed by atoms with Crippen LogP contribution in [0, 0.1) is 11.8 Å². The molecule has 1 aliphatic heterocycles. The van der Waals surface area contributed by atoms with Crippen molar-refractivity contribution in [2.75, 3.05) is 26.7 Å². The van der Waals surface area contributed by atoms with Crippen LogP contribution in [0.15, 0.2) is 24.3 Å². The summed E-state index contributed by atoms with van der Waals surface area (Å²) in [4.78, 5) is 16.5. The van der Waals surface area contributed by atoms with Gasteiger partial charge in [0.1, 0.15) is 0 Å². The van der Waals surface area contributed by atoms with Crippen LogP contribution in [-0.2, 0) is 11.3 Å². The van der Waals surface area contributed by atoms with Gasteiger partial charge in [0, 0.05) is 31.1 Å². The molecule has 0 N–H and O–H groups in total. The van der Waals surface area contributed by atoms with Gasteiger partial charge in [-0.15, -0.1) is 0 Å². The summed E-state index contributed by atoms with van der Waals surface area (Å²) in [5.41, 5.74) is 1.21. The van der Waals surface area contributed by atoms with Crippen LogP contribution in [0.3, 0.4) is 0 Å². The predicted octanol–water partition coefficient (Wildman–Crippen LogP) is 3.42. The van der Waals surface area contributed by atoms with Gasteiger partial charge in [-0.3, -0.25) is 9.69 Å². The summed E-state index contributed by atoms with van der Waals surface area (Å²) in [6.45, 7) is 4.06. The Balaban J connectivity index is 1.44. The topological polar surface area (TPSA) is 23.6 Å². The molecular formula is C18H25ClN2O. The Morgan fingerprint density at radius 1 is 1.23 bits per heavy atom. The van der Waals surface area contributed by atoms with Crippen LogP contribution in [0.1, 0.15) is 31.2 Å². The van der Waals surface area contributed by atoms with Gasteiger partial charge in [0.15, 0.2) is 0 Å². The average Bonchev–Trinajstić information content (AvgIpc) is 3.35. The van der Waals surface area contributed by atoms with Crippen LogP contribution >= 0.6 is 11.6 Å². The van der Waals surface area contributed by atoms with E-state index in [4.69, 9.17) is 11.6 Å². The molecule has 0 radical (unpaired) electrons. The van der Waals surface area contributed by atoms with Crippen molar-refractivity contribution in [2.24, 2.45) is 11.8 Å². The molecular weight excluding hydrogens is 296 g/mol. The molecule has 2 aliphatic rings. The van der Waals surface area contributed by atoms with Crippen molar-refractivity contribution >= 4 is 17.5 Å². The first kappa shape index (κ1) is 15.8. The summed E-state index contributed by atoms with van der Waals surface area (Å²) >= 11 is 6.24. The number of nitrogens with zero attached hydrogens (tertiary/aromatic N) is 2. The molecule has 0 bridgehead atoms. The second kappa shape index (κ2) is 7.01. The van der Waals surface area contributed by atoms with Gasteiger partial charge in [0.2, 0.25) is 5.91 Å². The molecule has 1 saturated heterocycles. The Morgan fingerprint density at radius 3 is 2.55 bits per heavy atom. The SMILES string of the molecule is CN(CC1CCN(Cc2ccccc2Cl)CC1)C(=O)C1CC1. The number of carbonyl (C=O) groups is 1. The number of likely N-dealkylation sites (tertiary alicyclic amines) is 1. The quantitative estimate of drug-likeness (QED) is 0.830. The van der Waals surface area contributed by atoms with Crippen molar-refractivity contribution in [3.63, 3.8) is 0 Å². The van der Waals surface area contributed by atoms with Crippen molar-refractivity contribution < 1.29 is 4.79 Å². The highest BCUT2D eigenvalue weighted by atomic mass is 35.5. The van der Waals surface area contributed by atoms with Crippen LogP contribution in [0.25, 0.3) is 0 Å². The Labute approximate surface area is 138 Å². The van der Waals surface area contributed by atoms with Crippen LogP contribution in [-0.4, -0.2) is 42.4 Å². The van der Waals surface area contributed by atoms with E-state index in [1.54, 1.807) is 0 Å². The number of hydrogen-bond donors (Lipinski definition) is 0. The molecule has 0 atom stereocenters. The Bertz CT molecular complexity index is 522. The number of rotatable bonds is 5. The molecule has 1 aromatic carbocycles. The van der Waals surface area contributed by atoms with E-state index >= 15 is 0 Å². The van der Waals surface area contributed by atoms with Crippen LogP contribution in [0.2, 0.25) is 5.02 Å². The monoisotopic (exact) mass is 320 g/mol. The van der Waals surface area contributed by atoms with Gasteiger partial charge in [-0.05, 0) is 56.3 Å². The highest BCUT2D eigenvalue weighted by Gasteiger charge is 2.33. The zero-order chi connectivity index (χ0) is 15.5. The van der Waals surface area contributed by atoms with Gasteiger partial charge in [0.05, 0.1) is 0 Å². The zero-order valence-corrected chi connectivity index (χ0v) is 14.1. The summed E-state index contributed by atoms with van der Waals surface area (Å²) in [7, 11) is 1.97.